The molecule has 1 N–H and O–H groups in total. The third-order valence-electron chi connectivity index (χ3n) is 3.38. The predicted octanol–water partition coefficient (Wildman–Crippen LogP) is 1.41. The van der Waals surface area contributed by atoms with Crippen molar-refractivity contribution in [2.24, 2.45) is 0 Å². The Hall–Kier alpha value is -1.30. The van der Waals surface area contributed by atoms with E-state index in [0.29, 0.717) is 0 Å². The minimum absolute atomic E-state index is 0.759. The number of benzene rings is 1. The molecule has 21 heavy (non-hydrogen) atoms. The largest absolute Gasteiger partial charge is 0.493 e. The molecule has 0 aliphatic heterocycles. The van der Waals surface area contributed by atoms with E-state index >= 15 is 0 Å². The summed E-state index contributed by atoms with van der Waals surface area (Å²) in [5.74, 6) is 1.57. The molecule has 0 aromatic heterocycles. The summed E-state index contributed by atoms with van der Waals surface area (Å²) < 4.78 is 15.6. The second-order valence-corrected chi connectivity index (χ2v) is 4.99. The molecule has 0 unspecified atom stereocenters. The highest BCUT2D eigenvalue weighted by Gasteiger charge is 2.05. The van der Waals surface area contributed by atoms with Crippen molar-refractivity contribution in [1.82, 2.24) is 10.2 Å². The van der Waals surface area contributed by atoms with Crippen molar-refractivity contribution in [3.8, 4) is 11.5 Å². The van der Waals surface area contributed by atoms with E-state index in [1.807, 2.05) is 12.1 Å². The van der Waals surface area contributed by atoms with Crippen LogP contribution in [0.25, 0.3) is 0 Å². The molecule has 0 saturated heterocycles. The third-order valence-corrected chi connectivity index (χ3v) is 3.38. The van der Waals surface area contributed by atoms with Gasteiger partial charge in [-0.05, 0) is 31.2 Å². The Balaban J connectivity index is 2.30. The van der Waals surface area contributed by atoms with E-state index in [0.717, 1.165) is 50.7 Å². The van der Waals surface area contributed by atoms with Gasteiger partial charge >= 0.3 is 0 Å². The molecule has 5 heteroatoms. The summed E-state index contributed by atoms with van der Waals surface area (Å²) in [6, 6.07) is 6.09. The Morgan fingerprint density at radius 2 is 1.76 bits per heavy atom. The Bertz CT molecular complexity index is 399. The molecule has 0 radical (unpaired) electrons. The minimum Gasteiger partial charge on any atom is -0.493 e. The highest BCUT2D eigenvalue weighted by molar-refractivity contribution is 5.42. The second-order valence-electron chi connectivity index (χ2n) is 4.99. The monoisotopic (exact) mass is 296 g/mol. The number of hydrogen-bond donors (Lipinski definition) is 1. The maximum absolute atomic E-state index is 5.33. The Morgan fingerprint density at radius 3 is 2.43 bits per heavy atom. The first kappa shape index (κ1) is 17.8. The Labute approximate surface area is 128 Å². The molecule has 1 rings (SSSR count). The fourth-order valence-electron chi connectivity index (χ4n) is 2.04. The lowest BCUT2D eigenvalue weighted by Gasteiger charge is -2.17. The number of ether oxygens (including phenoxy) is 3. The second kappa shape index (κ2) is 10.4. The van der Waals surface area contributed by atoms with Crippen LogP contribution in [0.5, 0.6) is 11.5 Å². The van der Waals surface area contributed by atoms with Crippen molar-refractivity contribution in [3.63, 3.8) is 0 Å². The molecule has 0 bridgehead atoms. The van der Waals surface area contributed by atoms with E-state index in [1.54, 1.807) is 21.3 Å². The molecule has 5 nitrogen and oxygen atoms in total. The van der Waals surface area contributed by atoms with Crippen LogP contribution in [0.2, 0.25) is 0 Å². The number of rotatable bonds is 11. The van der Waals surface area contributed by atoms with Crippen molar-refractivity contribution in [3.05, 3.63) is 23.8 Å². The first-order chi connectivity index (χ1) is 10.2. The fraction of sp³-hybridized carbons (Fsp3) is 0.625. The van der Waals surface area contributed by atoms with E-state index in [-0.39, 0.29) is 0 Å². The smallest absolute Gasteiger partial charge is 0.160 e. The quantitative estimate of drug-likeness (QED) is 0.626. The van der Waals surface area contributed by atoms with Gasteiger partial charge in [0.2, 0.25) is 0 Å². The first-order valence-electron chi connectivity index (χ1n) is 7.30. The SMILES string of the molecule is COCCNCCN(C)CCc1ccc(OC)c(OC)c1. The van der Waals surface area contributed by atoms with Crippen LogP contribution in [0, 0.1) is 0 Å². The van der Waals surface area contributed by atoms with Gasteiger partial charge in [-0.3, -0.25) is 0 Å². The molecule has 0 fully saturated rings. The van der Waals surface area contributed by atoms with Crippen LogP contribution in [0.3, 0.4) is 0 Å². The lowest BCUT2D eigenvalue weighted by molar-refractivity contribution is 0.198. The van der Waals surface area contributed by atoms with E-state index in [2.05, 4.69) is 23.3 Å². The molecular weight excluding hydrogens is 268 g/mol. The summed E-state index contributed by atoms with van der Waals surface area (Å²) in [6.45, 7) is 4.68. The van der Waals surface area contributed by atoms with Gasteiger partial charge in [0.05, 0.1) is 20.8 Å². The third kappa shape index (κ3) is 6.80. The fourth-order valence-corrected chi connectivity index (χ4v) is 2.04. The average Bonchev–Trinajstić information content (AvgIpc) is 2.52. The Kier molecular flexibility index (Phi) is 8.82. The van der Waals surface area contributed by atoms with Crippen molar-refractivity contribution in [2.75, 3.05) is 61.2 Å². The molecular formula is C16H28N2O3. The molecule has 120 valence electrons. The molecule has 0 spiro atoms. The van der Waals surface area contributed by atoms with Crippen molar-refractivity contribution in [2.45, 2.75) is 6.42 Å². The zero-order chi connectivity index (χ0) is 15.5. The van der Waals surface area contributed by atoms with Gasteiger partial charge in [-0.2, -0.15) is 0 Å². The summed E-state index contributed by atoms with van der Waals surface area (Å²) >= 11 is 0. The van der Waals surface area contributed by atoms with Gasteiger partial charge in [-0.1, -0.05) is 6.07 Å². The van der Waals surface area contributed by atoms with E-state index in [4.69, 9.17) is 14.2 Å². The molecule has 0 aliphatic rings. The van der Waals surface area contributed by atoms with Crippen LogP contribution in [0.15, 0.2) is 18.2 Å². The van der Waals surface area contributed by atoms with Gasteiger partial charge in [-0.15, -0.1) is 0 Å². The first-order valence-corrected chi connectivity index (χ1v) is 7.30. The lowest BCUT2D eigenvalue weighted by atomic mass is 10.1. The van der Waals surface area contributed by atoms with Crippen LogP contribution in [-0.2, 0) is 11.2 Å². The number of hydrogen-bond acceptors (Lipinski definition) is 5. The van der Waals surface area contributed by atoms with E-state index in [9.17, 15) is 0 Å². The normalized spacial score (nSPS) is 10.9. The van der Waals surface area contributed by atoms with Crippen molar-refractivity contribution in [1.29, 1.82) is 0 Å². The molecule has 0 heterocycles. The molecule has 1 aromatic carbocycles. The van der Waals surface area contributed by atoms with Crippen molar-refractivity contribution >= 4 is 0 Å². The average molecular weight is 296 g/mol. The molecule has 0 atom stereocenters. The maximum Gasteiger partial charge on any atom is 0.160 e. The summed E-state index contributed by atoms with van der Waals surface area (Å²) in [5.41, 5.74) is 1.26. The summed E-state index contributed by atoms with van der Waals surface area (Å²) in [6.07, 6.45) is 0.995. The van der Waals surface area contributed by atoms with E-state index in [1.165, 1.54) is 5.56 Å². The van der Waals surface area contributed by atoms with Crippen LogP contribution < -0.4 is 14.8 Å². The van der Waals surface area contributed by atoms with Crippen molar-refractivity contribution < 1.29 is 14.2 Å². The van der Waals surface area contributed by atoms with Gasteiger partial charge in [0.1, 0.15) is 0 Å². The molecule has 0 saturated carbocycles. The highest BCUT2D eigenvalue weighted by Crippen LogP contribution is 2.27. The van der Waals surface area contributed by atoms with E-state index < -0.39 is 0 Å². The lowest BCUT2D eigenvalue weighted by Crippen LogP contribution is -2.32. The van der Waals surface area contributed by atoms with Crippen LogP contribution in [0.1, 0.15) is 5.56 Å². The zero-order valence-electron chi connectivity index (χ0n) is 13.6. The van der Waals surface area contributed by atoms with Gasteiger partial charge in [-0.25, -0.2) is 0 Å². The number of nitrogens with zero attached hydrogens (tertiary/aromatic N) is 1. The zero-order valence-corrected chi connectivity index (χ0v) is 13.6. The summed E-state index contributed by atoms with van der Waals surface area (Å²) in [4.78, 5) is 2.32. The maximum atomic E-state index is 5.33. The van der Waals surface area contributed by atoms with Gasteiger partial charge < -0.3 is 24.4 Å². The number of likely N-dealkylation sites (N-methyl/N-ethyl adjacent to an activating group) is 1. The molecule has 0 amide bonds. The minimum atomic E-state index is 0.759. The standard InChI is InChI=1S/C16H28N2O3/c1-18(11-8-17-9-12-19-2)10-7-14-5-6-15(20-3)16(13-14)21-4/h5-6,13,17H,7-12H2,1-4H3. The van der Waals surface area contributed by atoms with Crippen LogP contribution in [0.4, 0.5) is 0 Å². The van der Waals surface area contributed by atoms with Crippen LogP contribution >= 0.6 is 0 Å². The molecule has 1 aromatic rings. The van der Waals surface area contributed by atoms with Gasteiger partial charge in [0, 0.05) is 33.3 Å². The predicted molar refractivity (Wildman–Crippen MR) is 85.5 cm³/mol. The highest BCUT2D eigenvalue weighted by atomic mass is 16.5. The summed E-state index contributed by atoms with van der Waals surface area (Å²) in [7, 11) is 7.18. The topological polar surface area (TPSA) is 43.0 Å². The van der Waals surface area contributed by atoms with Crippen LogP contribution in [-0.4, -0.2) is 66.1 Å². The number of methoxy groups -OCH3 is 3. The molecule has 0 aliphatic carbocycles. The van der Waals surface area contributed by atoms with Gasteiger partial charge in [0.25, 0.3) is 0 Å². The summed E-state index contributed by atoms with van der Waals surface area (Å²) in [5, 5.41) is 3.35. The number of nitrogens with one attached hydrogen (secondary N) is 1. The van der Waals surface area contributed by atoms with Gasteiger partial charge in [0.15, 0.2) is 11.5 Å². The Morgan fingerprint density at radius 1 is 1.00 bits per heavy atom.